The summed E-state index contributed by atoms with van der Waals surface area (Å²) in [6.45, 7) is 1.69. The third-order valence-corrected chi connectivity index (χ3v) is 7.36. The molecule has 3 aliphatic rings. The second kappa shape index (κ2) is 8.76. The van der Waals surface area contributed by atoms with Crippen molar-refractivity contribution in [2.24, 2.45) is 5.92 Å². The molecule has 2 aliphatic heterocycles. The van der Waals surface area contributed by atoms with E-state index in [-0.39, 0.29) is 6.03 Å². The molecule has 5 nitrogen and oxygen atoms in total. The number of benzene rings is 1. The van der Waals surface area contributed by atoms with E-state index >= 15 is 0 Å². The van der Waals surface area contributed by atoms with Crippen molar-refractivity contribution in [1.82, 2.24) is 20.5 Å². The maximum Gasteiger partial charge on any atom is 0.315 e. The summed E-state index contributed by atoms with van der Waals surface area (Å²) in [7, 11) is 0. The number of carbonyl (C=O) groups is 1. The number of aromatic nitrogens is 1. The average Bonchev–Trinajstić information content (AvgIpc) is 3.34. The molecule has 1 aliphatic carbocycles. The van der Waals surface area contributed by atoms with Gasteiger partial charge in [-0.05, 0) is 80.7 Å². The quantitative estimate of drug-likeness (QED) is 0.732. The van der Waals surface area contributed by atoms with Gasteiger partial charge in [-0.3, -0.25) is 9.88 Å². The number of urea groups is 1. The minimum Gasteiger partial charge on any atom is -0.335 e. The zero-order valence-electron chi connectivity index (χ0n) is 17.6. The number of carbonyl (C=O) groups excluding carboxylic acids is 1. The highest BCUT2D eigenvalue weighted by atomic mass is 16.2. The van der Waals surface area contributed by atoms with Gasteiger partial charge in [0.2, 0.25) is 0 Å². The molecule has 2 atom stereocenters. The average molecular weight is 405 g/mol. The van der Waals surface area contributed by atoms with Crippen LogP contribution in [0.1, 0.15) is 73.9 Å². The number of fused-ring (bicyclic) bond motifs is 5. The van der Waals surface area contributed by atoms with Crippen molar-refractivity contribution in [3.63, 3.8) is 0 Å². The molecule has 1 saturated carbocycles. The van der Waals surface area contributed by atoms with Crippen molar-refractivity contribution in [3.8, 4) is 0 Å². The van der Waals surface area contributed by atoms with Gasteiger partial charge in [0.15, 0.2) is 0 Å². The maximum absolute atomic E-state index is 12.2. The van der Waals surface area contributed by atoms with Crippen LogP contribution in [0, 0.1) is 5.92 Å². The lowest BCUT2D eigenvalue weighted by Crippen LogP contribution is -2.43. The molecule has 158 valence electrons. The first kappa shape index (κ1) is 19.6. The second-order valence-corrected chi connectivity index (χ2v) is 9.13. The highest BCUT2D eigenvalue weighted by Crippen LogP contribution is 2.53. The van der Waals surface area contributed by atoms with Crippen molar-refractivity contribution in [1.29, 1.82) is 0 Å². The lowest BCUT2D eigenvalue weighted by molar-refractivity contribution is 0.185. The summed E-state index contributed by atoms with van der Waals surface area (Å²) in [4.78, 5) is 19.2. The minimum absolute atomic E-state index is 0.0736. The molecule has 1 aromatic heterocycles. The fourth-order valence-corrected chi connectivity index (χ4v) is 5.80. The Morgan fingerprint density at radius 2 is 1.63 bits per heavy atom. The summed E-state index contributed by atoms with van der Waals surface area (Å²) < 4.78 is 0. The van der Waals surface area contributed by atoms with E-state index in [0.717, 1.165) is 24.5 Å². The first-order valence-electron chi connectivity index (χ1n) is 11.6. The highest BCUT2D eigenvalue weighted by Gasteiger charge is 2.43. The van der Waals surface area contributed by atoms with Crippen LogP contribution in [0.5, 0.6) is 0 Å². The van der Waals surface area contributed by atoms with Gasteiger partial charge in [-0.2, -0.15) is 0 Å². The van der Waals surface area contributed by atoms with Crippen LogP contribution in [0.3, 0.4) is 0 Å². The topological polar surface area (TPSA) is 57.3 Å². The van der Waals surface area contributed by atoms with Crippen LogP contribution in [0.2, 0.25) is 0 Å². The molecule has 1 saturated heterocycles. The molecule has 2 unspecified atom stereocenters. The molecule has 0 radical (unpaired) electrons. The summed E-state index contributed by atoms with van der Waals surface area (Å²) in [6, 6.07) is 16.4. The molecule has 2 amide bonds. The monoisotopic (exact) mass is 404 g/mol. The van der Waals surface area contributed by atoms with E-state index in [1.54, 1.807) is 17.3 Å². The van der Waals surface area contributed by atoms with Gasteiger partial charge < -0.3 is 10.6 Å². The van der Waals surface area contributed by atoms with Crippen molar-refractivity contribution in [2.75, 3.05) is 6.54 Å². The Bertz CT molecular complexity index is 831. The van der Waals surface area contributed by atoms with Gasteiger partial charge >= 0.3 is 6.03 Å². The Hall–Kier alpha value is -2.40. The van der Waals surface area contributed by atoms with Crippen LogP contribution in [-0.2, 0) is 6.54 Å². The molecular weight excluding hydrogens is 372 g/mol. The SMILES string of the molecule is O=C(NCc1ccccn1)NC1CCC(CCN2C3CCC2c2ccccc23)CC1. The van der Waals surface area contributed by atoms with Crippen molar-refractivity contribution in [3.05, 3.63) is 65.5 Å². The largest absolute Gasteiger partial charge is 0.335 e. The second-order valence-electron chi connectivity index (χ2n) is 9.13. The Labute approximate surface area is 179 Å². The van der Waals surface area contributed by atoms with Crippen molar-refractivity contribution >= 4 is 6.03 Å². The molecule has 2 bridgehead atoms. The standard InChI is InChI=1S/C25H32N4O/c30-25(27-17-20-5-3-4-15-26-20)28-19-10-8-18(9-11-19)14-16-29-23-12-13-24(29)22-7-2-1-6-21(22)23/h1-7,15,18-19,23-24H,8-14,16-17H2,(H2,27,28,30). The molecule has 5 rings (SSSR count). The van der Waals surface area contributed by atoms with Crippen LogP contribution in [0.4, 0.5) is 4.79 Å². The molecular formula is C25H32N4O. The lowest BCUT2D eigenvalue weighted by Gasteiger charge is -2.31. The molecule has 1 aromatic carbocycles. The fourth-order valence-electron chi connectivity index (χ4n) is 5.80. The molecule has 0 spiro atoms. The normalized spacial score (nSPS) is 27.6. The number of nitrogens with zero attached hydrogens (tertiary/aromatic N) is 2. The first-order chi connectivity index (χ1) is 14.8. The van der Waals surface area contributed by atoms with Crippen molar-refractivity contribution < 1.29 is 4.79 Å². The van der Waals surface area contributed by atoms with Crippen molar-refractivity contribution in [2.45, 2.75) is 69.6 Å². The number of hydrogen-bond donors (Lipinski definition) is 2. The molecule has 30 heavy (non-hydrogen) atoms. The van der Waals surface area contributed by atoms with Gasteiger partial charge in [-0.1, -0.05) is 30.3 Å². The zero-order chi connectivity index (χ0) is 20.3. The van der Waals surface area contributed by atoms with Crippen LogP contribution in [0.25, 0.3) is 0 Å². The summed E-state index contributed by atoms with van der Waals surface area (Å²) in [5.74, 6) is 0.794. The van der Waals surface area contributed by atoms with Crippen LogP contribution in [0.15, 0.2) is 48.7 Å². The van der Waals surface area contributed by atoms with E-state index in [2.05, 4.69) is 44.8 Å². The predicted molar refractivity (Wildman–Crippen MR) is 118 cm³/mol. The van der Waals surface area contributed by atoms with E-state index in [9.17, 15) is 4.79 Å². The predicted octanol–water partition coefficient (Wildman–Crippen LogP) is 4.72. The van der Waals surface area contributed by atoms with E-state index in [4.69, 9.17) is 0 Å². The summed E-state index contributed by atoms with van der Waals surface area (Å²) in [6.07, 6.45) is 10.3. The number of rotatable bonds is 6. The van der Waals surface area contributed by atoms with Gasteiger partial charge in [0, 0.05) is 24.3 Å². The van der Waals surface area contributed by atoms with Gasteiger partial charge in [-0.25, -0.2) is 4.79 Å². The van der Waals surface area contributed by atoms with Crippen LogP contribution in [-0.4, -0.2) is 28.5 Å². The van der Waals surface area contributed by atoms with E-state index < -0.39 is 0 Å². The van der Waals surface area contributed by atoms with E-state index in [1.807, 2.05) is 18.2 Å². The minimum atomic E-state index is -0.0736. The molecule has 2 aromatic rings. The Kier molecular flexibility index (Phi) is 5.71. The van der Waals surface area contributed by atoms with E-state index in [0.29, 0.717) is 24.7 Å². The number of amides is 2. The first-order valence-corrected chi connectivity index (χ1v) is 11.6. The molecule has 2 fully saturated rings. The molecule has 2 N–H and O–H groups in total. The van der Waals surface area contributed by atoms with Crippen LogP contribution >= 0.6 is 0 Å². The third kappa shape index (κ3) is 4.08. The smallest absolute Gasteiger partial charge is 0.315 e. The Morgan fingerprint density at radius 3 is 2.30 bits per heavy atom. The molecule has 3 heterocycles. The summed E-state index contributed by atoms with van der Waals surface area (Å²) in [5.41, 5.74) is 4.05. The van der Waals surface area contributed by atoms with Crippen LogP contribution < -0.4 is 10.6 Å². The summed E-state index contributed by atoms with van der Waals surface area (Å²) >= 11 is 0. The van der Waals surface area contributed by atoms with Gasteiger partial charge in [0.1, 0.15) is 0 Å². The van der Waals surface area contributed by atoms with Gasteiger partial charge in [0.05, 0.1) is 12.2 Å². The van der Waals surface area contributed by atoms with E-state index in [1.165, 1.54) is 38.6 Å². The van der Waals surface area contributed by atoms with Gasteiger partial charge in [-0.15, -0.1) is 0 Å². The zero-order valence-corrected chi connectivity index (χ0v) is 17.6. The lowest BCUT2D eigenvalue weighted by atomic mass is 9.84. The Morgan fingerprint density at radius 1 is 0.933 bits per heavy atom. The molecule has 5 heteroatoms. The fraction of sp³-hybridized carbons (Fsp3) is 0.520. The highest BCUT2D eigenvalue weighted by molar-refractivity contribution is 5.74. The number of pyridine rings is 1. The van der Waals surface area contributed by atoms with Gasteiger partial charge in [0.25, 0.3) is 0 Å². The number of hydrogen-bond acceptors (Lipinski definition) is 3. The third-order valence-electron chi connectivity index (χ3n) is 7.36. The number of nitrogens with one attached hydrogen (secondary N) is 2. The Balaban J connectivity index is 1.03. The summed E-state index contributed by atoms with van der Waals surface area (Å²) in [5, 5.41) is 6.08. The maximum atomic E-state index is 12.2.